The number of nitrogens with one attached hydrogen (secondary N) is 2. The maximum absolute atomic E-state index is 11.8. The van der Waals surface area contributed by atoms with E-state index >= 15 is 0 Å². The number of amides is 4. The number of hydrogen-bond acceptors (Lipinski definition) is 4. The van der Waals surface area contributed by atoms with Crippen molar-refractivity contribution in [3.63, 3.8) is 0 Å². The Bertz CT molecular complexity index is 597. The van der Waals surface area contributed by atoms with Crippen molar-refractivity contribution in [1.29, 1.82) is 0 Å². The lowest BCUT2D eigenvalue weighted by Crippen LogP contribution is -2.34. The summed E-state index contributed by atoms with van der Waals surface area (Å²) >= 11 is 0. The predicted molar refractivity (Wildman–Crippen MR) is 94.3 cm³/mol. The van der Waals surface area contributed by atoms with Crippen LogP contribution in [0.25, 0.3) is 0 Å². The lowest BCUT2D eigenvalue weighted by molar-refractivity contribution is -0.139. The molecule has 0 saturated carbocycles. The van der Waals surface area contributed by atoms with Crippen LogP contribution in [-0.2, 0) is 14.3 Å². The first kappa shape index (κ1) is 18.9. The summed E-state index contributed by atoms with van der Waals surface area (Å²) in [5.41, 5.74) is 1.95. The molecule has 7 nitrogen and oxygen atoms in total. The van der Waals surface area contributed by atoms with E-state index in [1.165, 1.54) is 10.5 Å². The fraction of sp³-hybridized carbons (Fsp3) is 0.500. The van der Waals surface area contributed by atoms with Gasteiger partial charge in [0.25, 0.3) is 0 Å². The van der Waals surface area contributed by atoms with E-state index in [9.17, 15) is 14.4 Å². The normalized spacial score (nSPS) is 14.3. The molecule has 136 valence electrons. The Labute approximate surface area is 147 Å². The monoisotopic (exact) mass is 347 g/mol. The van der Waals surface area contributed by atoms with Crippen LogP contribution < -0.4 is 10.6 Å². The van der Waals surface area contributed by atoms with Gasteiger partial charge in [0, 0.05) is 25.1 Å². The molecule has 0 atom stereocenters. The number of carbonyl (C=O) groups is 3. The number of urea groups is 1. The predicted octanol–water partition coefficient (Wildman–Crippen LogP) is 2.10. The summed E-state index contributed by atoms with van der Waals surface area (Å²) in [6, 6.07) is 7.42. The van der Waals surface area contributed by atoms with Gasteiger partial charge in [-0.05, 0) is 23.6 Å². The second kappa shape index (κ2) is 9.17. The van der Waals surface area contributed by atoms with Crippen LogP contribution in [-0.4, -0.2) is 49.0 Å². The SMILES string of the molecule is CC(C)c1ccc(NC(=O)NCCOCCN2C(=O)CCC2=O)cc1. The summed E-state index contributed by atoms with van der Waals surface area (Å²) in [5, 5.41) is 5.44. The number of hydrogen-bond donors (Lipinski definition) is 2. The summed E-state index contributed by atoms with van der Waals surface area (Å²) in [6.45, 7) is 5.44. The minimum absolute atomic E-state index is 0.144. The summed E-state index contributed by atoms with van der Waals surface area (Å²) in [5.74, 6) is 0.162. The first-order chi connectivity index (χ1) is 12.0. The van der Waals surface area contributed by atoms with Crippen molar-refractivity contribution in [2.45, 2.75) is 32.6 Å². The van der Waals surface area contributed by atoms with E-state index in [1.54, 1.807) is 0 Å². The summed E-state index contributed by atoms with van der Waals surface area (Å²) in [4.78, 5) is 35.8. The molecular formula is C18H25N3O4. The molecule has 0 spiro atoms. The van der Waals surface area contributed by atoms with Crippen molar-refractivity contribution < 1.29 is 19.1 Å². The van der Waals surface area contributed by atoms with Gasteiger partial charge in [0.2, 0.25) is 11.8 Å². The van der Waals surface area contributed by atoms with E-state index in [-0.39, 0.29) is 31.0 Å². The van der Waals surface area contributed by atoms with Gasteiger partial charge >= 0.3 is 6.03 Å². The highest BCUT2D eigenvalue weighted by Gasteiger charge is 2.28. The van der Waals surface area contributed by atoms with E-state index < -0.39 is 0 Å². The highest BCUT2D eigenvalue weighted by Crippen LogP contribution is 2.16. The largest absolute Gasteiger partial charge is 0.378 e. The van der Waals surface area contributed by atoms with Crippen LogP contribution in [0, 0.1) is 0 Å². The minimum Gasteiger partial charge on any atom is -0.378 e. The Kier molecular flexibility index (Phi) is 6.94. The molecule has 1 saturated heterocycles. The Balaban J connectivity index is 1.57. The molecule has 1 aromatic rings. The molecule has 1 aliphatic rings. The van der Waals surface area contributed by atoms with Crippen molar-refractivity contribution in [2.24, 2.45) is 0 Å². The Morgan fingerprint density at radius 1 is 1.12 bits per heavy atom. The average Bonchev–Trinajstić information content (AvgIpc) is 2.90. The molecule has 2 rings (SSSR count). The molecule has 2 N–H and O–H groups in total. The zero-order chi connectivity index (χ0) is 18.2. The highest BCUT2D eigenvalue weighted by molar-refractivity contribution is 6.01. The molecule has 0 aliphatic carbocycles. The molecule has 0 aromatic heterocycles. The molecule has 7 heteroatoms. The fourth-order valence-electron chi connectivity index (χ4n) is 2.49. The number of anilines is 1. The highest BCUT2D eigenvalue weighted by atomic mass is 16.5. The fourth-order valence-corrected chi connectivity index (χ4v) is 2.49. The Morgan fingerprint density at radius 2 is 1.76 bits per heavy atom. The number of nitrogens with zero attached hydrogens (tertiary/aromatic N) is 1. The smallest absolute Gasteiger partial charge is 0.319 e. The molecular weight excluding hydrogens is 322 g/mol. The van der Waals surface area contributed by atoms with E-state index in [1.807, 2.05) is 24.3 Å². The summed E-state index contributed by atoms with van der Waals surface area (Å²) in [6.07, 6.45) is 0.581. The van der Waals surface area contributed by atoms with Crippen molar-refractivity contribution in [3.8, 4) is 0 Å². The third-order valence-electron chi connectivity index (χ3n) is 3.98. The third kappa shape index (κ3) is 5.86. The lowest BCUT2D eigenvalue weighted by atomic mass is 10.0. The van der Waals surface area contributed by atoms with Crippen LogP contribution in [0.15, 0.2) is 24.3 Å². The van der Waals surface area contributed by atoms with Gasteiger partial charge < -0.3 is 15.4 Å². The number of rotatable bonds is 8. The van der Waals surface area contributed by atoms with Crippen molar-refractivity contribution in [1.82, 2.24) is 10.2 Å². The van der Waals surface area contributed by atoms with Gasteiger partial charge in [0.1, 0.15) is 0 Å². The Morgan fingerprint density at radius 3 is 2.36 bits per heavy atom. The molecule has 0 radical (unpaired) electrons. The van der Waals surface area contributed by atoms with Gasteiger partial charge in [-0.15, -0.1) is 0 Å². The zero-order valence-electron chi connectivity index (χ0n) is 14.7. The molecule has 1 aromatic carbocycles. The van der Waals surface area contributed by atoms with Crippen LogP contribution in [0.1, 0.15) is 38.2 Å². The maximum atomic E-state index is 11.8. The number of imide groups is 1. The summed E-state index contributed by atoms with van der Waals surface area (Å²) < 4.78 is 5.35. The summed E-state index contributed by atoms with van der Waals surface area (Å²) in [7, 11) is 0. The van der Waals surface area contributed by atoms with Gasteiger partial charge in [-0.1, -0.05) is 26.0 Å². The van der Waals surface area contributed by atoms with Crippen LogP contribution >= 0.6 is 0 Å². The Hall–Kier alpha value is -2.41. The molecule has 1 aliphatic heterocycles. The number of likely N-dealkylation sites (tertiary alicyclic amines) is 1. The van der Waals surface area contributed by atoms with E-state index in [2.05, 4.69) is 24.5 Å². The number of ether oxygens (including phenoxy) is 1. The van der Waals surface area contributed by atoms with Crippen LogP contribution in [0.4, 0.5) is 10.5 Å². The van der Waals surface area contributed by atoms with Crippen LogP contribution in [0.3, 0.4) is 0 Å². The zero-order valence-corrected chi connectivity index (χ0v) is 14.7. The van der Waals surface area contributed by atoms with E-state index in [0.29, 0.717) is 31.9 Å². The van der Waals surface area contributed by atoms with E-state index in [0.717, 1.165) is 5.69 Å². The van der Waals surface area contributed by atoms with Gasteiger partial charge in [-0.3, -0.25) is 14.5 Å². The van der Waals surface area contributed by atoms with Gasteiger partial charge in [0.05, 0.1) is 19.8 Å². The second-order valence-corrected chi connectivity index (χ2v) is 6.21. The molecule has 0 bridgehead atoms. The first-order valence-corrected chi connectivity index (χ1v) is 8.53. The van der Waals surface area contributed by atoms with Crippen molar-refractivity contribution in [2.75, 3.05) is 31.6 Å². The second-order valence-electron chi connectivity index (χ2n) is 6.21. The molecule has 1 heterocycles. The average molecular weight is 347 g/mol. The lowest BCUT2D eigenvalue weighted by Gasteiger charge is -2.14. The first-order valence-electron chi connectivity index (χ1n) is 8.53. The topological polar surface area (TPSA) is 87.7 Å². The number of benzene rings is 1. The van der Waals surface area contributed by atoms with Gasteiger partial charge in [0.15, 0.2) is 0 Å². The van der Waals surface area contributed by atoms with Crippen LogP contribution in [0.5, 0.6) is 0 Å². The van der Waals surface area contributed by atoms with E-state index in [4.69, 9.17) is 4.74 Å². The molecule has 4 amide bonds. The minimum atomic E-state index is -0.300. The molecule has 25 heavy (non-hydrogen) atoms. The van der Waals surface area contributed by atoms with Crippen molar-refractivity contribution >= 4 is 23.5 Å². The van der Waals surface area contributed by atoms with Gasteiger partial charge in [-0.25, -0.2) is 4.79 Å². The quantitative estimate of drug-likeness (QED) is 0.557. The van der Waals surface area contributed by atoms with Crippen LogP contribution in [0.2, 0.25) is 0 Å². The third-order valence-corrected chi connectivity index (χ3v) is 3.98. The maximum Gasteiger partial charge on any atom is 0.319 e. The molecule has 0 unspecified atom stereocenters. The molecule has 1 fully saturated rings. The van der Waals surface area contributed by atoms with Crippen molar-refractivity contribution in [3.05, 3.63) is 29.8 Å². The van der Waals surface area contributed by atoms with Gasteiger partial charge in [-0.2, -0.15) is 0 Å². The standard InChI is InChI=1S/C18H25N3O4/c1-13(2)14-3-5-15(6-4-14)20-18(24)19-9-11-25-12-10-21-16(22)7-8-17(21)23/h3-6,13H,7-12H2,1-2H3,(H2,19,20,24). The number of carbonyl (C=O) groups excluding carboxylic acids is 3.